The molecule has 0 aliphatic carbocycles. The Hall–Kier alpha value is -1.55. The zero-order valence-corrected chi connectivity index (χ0v) is 12.4. The van der Waals surface area contributed by atoms with Crippen molar-refractivity contribution in [2.45, 2.75) is 38.7 Å². The van der Waals surface area contributed by atoms with Crippen LogP contribution in [-0.2, 0) is 4.74 Å². The van der Waals surface area contributed by atoms with E-state index < -0.39 is 0 Å². The monoisotopic (exact) mass is 278 g/mol. The Balaban J connectivity index is 2.08. The van der Waals surface area contributed by atoms with E-state index in [2.05, 4.69) is 0 Å². The molecular formula is C16H22O4. The third-order valence-corrected chi connectivity index (χ3v) is 3.75. The summed E-state index contributed by atoms with van der Waals surface area (Å²) in [6, 6.07) is 3.62. The Morgan fingerprint density at radius 2 is 2.00 bits per heavy atom. The number of hydrogen-bond acceptors (Lipinski definition) is 4. The van der Waals surface area contributed by atoms with Gasteiger partial charge in [-0.2, -0.15) is 0 Å². The summed E-state index contributed by atoms with van der Waals surface area (Å²) in [7, 11) is 3.17. The molecule has 0 saturated carbocycles. The van der Waals surface area contributed by atoms with Crippen LogP contribution in [0.2, 0.25) is 0 Å². The number of methoxy groups -OCH3 is 2. The minimum Gasteiger partial charge on any atom is -0.493 e. The van der Waals surface area contributed by atoms with Gasteiger partial charge in [-0.05, 0) is 43.9 Å². The highest BCUT2D eigenvalue weighted by Crippen LogP contribution is 2.31. The Morgan fingerprint density at radius 1 is 1.30 bits per heavy atom. The Morgan fingerprint density at radius 3 is 2.60 bits per heavy atom. The fourth-order valence-electron chi connectivity index (χ4n) is 2.58. The fraction of sp³-hybridized carbons (Fsp3) is 0.562. The molecule has 1 unspecified atom stereocenters. The van der Waals surface area contributed by atoms with Gasteiger partial charge in [-0.1, -0.05) is 0 Å². The maximum Gasteiger partial charge on any atom is 0.163 e. The van der Waals surface area contributed by atoms with Crippen LogP contribution in [0.25, 0.3) is 0 Å². The van der Waals surface area contributed by atoms with E-state index in [9.17, 15) is 4.79 Å². The number of ketones is 1. The summed E-state index contributed by atoms with van der Waals surface area (Å²) in [5.74, 6) is 1.39. The molecule has 0 aromatic heterocycles. The second-order valence-corrected chi connectivity index (χ2v) is 5.12. The summed E-state index contributed by atoms with van der Waals surface area (Å²) < 4.78 is 16.0. The number of ether oxygens (including phenoxy) is 3. The highest BCUT2D eigenvalue weighted by atomic mass is 16.5. The van der Waals surface area contributed by atoms with Crippen molar-refractivity contribution in [1.29, 1.82) is 0 Å². The lowest BCUT2D eigenvalue weighted by Gasteiger charge is -2.13. The van der Waals surface area contributed by atoms with Gasteiger partial charge in [0, 0.05) is 18.6 Å². The third-order valence-electron chi connectivity index (χ3n) is 3.75. The maximum atomic E-state index is 12.3. The number of carbonyl (C=O) groups excluding carboxylic acids is 1. The van der Waals surface area contributed by atoms with Crippen LogP contribution < -0.4 is 9.47 Å². The molecule has 1 aliphatic heterocycles. The highest BCUT2D eigenvalue weighted by Gasteiger charge is 2.19. The maximum absolute atomic E-state index is 12.3. The lowest BCUT2D eigenvalue weighted by atomic mass is 9.99. The van der Waals surface area contributed by atoms with Crippen molar-refractivity contribution in [3.63, 3.8) is 0 Å². The molecule has 0 spiro atoms. The molecule has 0 bridgehead atoms. The van der Waals surface area contributed by atoms with Gasteiger partial charge in [-0.3, -0.25) is 4.79 Å². The highest BCUT2D eigenvalue weighted by molar-refractivity contribution is 5.98. The van der Waals surface area contributed by atoms with Crippen molar-refractivity contribution in [2.24, 2.45) is 0 Å². The summed E-state index contributed by atoms with van der Waals surface area (Å²) >= 11 is 0. The largest absolute Gasteiger partial charge is 0.493 e. The van der Waals surface area contributed by atoms with Gasteiger partial charge in [0.15, 0.2) is 17.3 Å². The van der Waals surface area contributed by atoms with Gasteiger partial charge in [0.1, 0.15) is 0 Å². The molecule has 1 fully saturated rings. The van der Waals surface area contributed by atoms with Crippen molar-refractivity contribution < 1.29 is 19.0 Å². The van der Waals surface area contributed by atoms with E-state index in [1.807, 2.05) is 13.0 Å². The summed E-state index contributed by atoms with van der Waals surface area (Å²) in [5.41, 5.74) is 1.63. The van der Waals surface area contributed by atoms with Gasteiger partial charge in [-0.15, -0.1) is 0 Å². The number of hydrogen-bond donors (Lipinski definition) is 0. The molecule has 1 saturated heterocycles. The van der Waals surface area contributed by atoms with E-state index in [-0.39, 0.29) is 11.9 Å². The topological polar surface area (TPSA) is 44.8 Å². The molecule has 1 aromatic rings. The van der Waals surface area contributed by atoms with E-state index >= 15 is 0 Å². The van der Waals surface area contributed by atoms with Crippen molar-refractivity contribution in [3.05, 3.63) is 23.3 Å². The molecule has 1 atom stereocenters. The number of aryl methyl sites for hydroxylation is 1. The van der Waals surface area contributed by atoms with Gasteiger partial charge in [0.25, 0.3) is 0 Å². The van der Waals surface area contributed by atoms with Gasteiger partial charge < -0.3 is 14.2 Å². The zero-order chi connectivity index (χ0) is 14.5. The molecule has 1 aliphatic rings. The first kappa shape index (κ1) is 14.9. The first-order valence-corrected chi connectivity index (χ1v) is 7.03. The van der Waals surface area contributed by atoms with Crippen molar-refractivity contribution in [1.82, 2.24) is 0 Å². The predicted molar refractivity (Wildman–Crippen MR) is 76.8 cm³/mol. The quantitative estimate of drug-likeness (QED) is 0.750. The molecule has 20 heavy (non-hydrogen) atoms. The Labute approximate surface area is 120 Å². The molecule has 4 heteroatoms. The molecular weight excluding hydrogens is 256 g/mol. The summed E-state index contributed by atoms with van der Waals surface area (Å²) in [5, 5.41) is 0. The van der Waals surface area contributed by atoms with E-state index in [0.29, 0.717) is 23.5 Å². The fourth-order valence-corrected chi connectivity index (χ4v) is 2.58. The second-order valence-electron chi connectivity index (χ2n) is 5.12. The Bertz CT molecular complexity index is 476. The average Bonchev–Trinajstić information content (AvgIpc) is 2.97. The molecule has 0 N–H and O–H groups in total. The van der Waals surface area contributed by atoms with Gasteiger partial charge in [0.2, 0.25) is 0 Å². The van der Waals surface area contributed by atoms with Gasteiger partial charge in [-0.25, -0.2) is 0 Å². The minimum absolute atomic E-state index is 0.138. The molecule has 4 nitrogen and oxygen atoms in total. The molecule has 2 rings (SSSR count). The number of carbonyl (C=O) groups is 1. The van der Waals surface area contributed by atoms with Gasteiger partial charge in [0.05, 0.1) is 20.3 Å². The predicted octanol–water partition coefficient (Wildman–Crippen LogP) is 3.15. The lowest BCUT2D eigenvalue weighted by molar-refractivity contribution is 0.0858. The van der Waals surface area contributed by atoms with Crippen LogP contribution in [0, 0.1) is 6.92 Å². The van der Waals surface area contributed by atoms with E-state index in [1.165, 1.54) is 0 Å². The first-order valence-electron chi connectivity index (χ1n) is 7.03. The normalized spacial score (nSPS) is 18.1. The van der Waals surface area contributed by atoms with Crippen molar-refractivity contribution in [3.8, 4) is 11.5 Å². The zero-order valence-electron chi connectivity index (χ0n) is 12.4. The van der Waals surface area contributed by atoms with E-state index in [0.717, 1.165) is 31.4 Å². The van der Waals surface area contributed by atoms with Crippen LogP contribution in [0.15, 0.2) is 12.1 Å². The van der Waals surface area contributed by atoms with E-state index in [4.69, 9.17) is 14.2 Å². The van der Waals surface area contributed by atoms with Crippen LogP contribution in [0.4, 0.5) is 0 Å². The number of rotatable bonds is 6. The summed E-state index contributed by atoms with van der Waals surface area (Å²) in [6.45, 7) is 2.75. The molecule has 0 amide bonds. The van der Waals surface area contributed by atoms with Crippen LogP contribution in [-0.4, -0.2) is 32.7 Å². The molecule has 110 valence electrons. The van der Waals surface area contributed by atoms with Crippen molar-refractivity contribution in [2.75, 3.05) is 20.8 Å². The average molecular weight is 278 g/mol. The molecule has 0 radical (unpaired) electrons. The van der Waals surface area contributed by atoms with Gasteiger partial charge >= 0.3 is 0 Å². The number of Topliss-reactive ketones (excluding diaryl/α,β-unsaturated/α-hetero) is 1. The van der Waals surface area contributed by atoms with Crippen LogP contribution in [0.5, 0.6) is 11.5 Å². The second kappa shape index (κ2) is 6.75. The Kier molecular flexibility index (Phi) is 5.01. The standard InChI is InChI=1S/C16H22O4/c1-11-9-15(18-2)16(19-3)10-13(11)14(17)7-6-12-5-4-8-20-12/h9-10,12H,4-8H2,1-3H3. The van der Waals surface area contributed by atoms with Crippen molar-refractivity contribution >= 4 is 5.78 Å². The first-order chi connectivity index (χ1) is 9.65. The van der Waals surface area contributed by atoms with Crippen LogP contribution >= 0.6 is 0 Å². The summed E-state index contributed by atoms with van der Waals surface area (Å²) in [6.07, 6.45) is 3.74. The third kappa shape index (κ3) is 3.31. The number of benzene rings is 1. The smallest absolute Gasteiger partial charge is 0.163 e. The lowest BCUT2D eigenvalue weighted by Crippen LogP contribution is -2.10. The van der Waals surface area contributed by atoms with Crippen LogP contribution in [0.1, 0.15) is 41.6 Å². The minimum atomic E-state index is 0.138. The molecule has 1 heterocycles. The SMILES string of the molecule is COc1cc(C)c(C(=O)CCC2CCCO2)cc1OC. The van der Waals surface area contributed by atoms with E-state index in [1.54, 1.807) is 20.3 Å². The van der Waals surface area contributed by atoms with Crippen LogP contribution in [0.3, 0.4) is 0 Å². The molecule has 1 aromatic carbocycles. The summed E-state index contributed by atoms with van der Waals surface area (Å²) in [4.78, 5) is 12.3.